The number of nitrogens with zero attached hydrogens (tertiary/aromatic N) is 3. The van der Waals surface area contributed by atoms with Gasteiger partial charge in [-0.05, 0) is 68.0 Å². The molecular formula is C24H31N3O2. The average Bonchev–Trinajstić information content (AvgIpc) is 3.50. The molecule has 1 fully saturated rings. The Hall–Kier alpha value is -2.40. The first-order valence-corrected chi connectivity index (χ1v) is 10.6. The van der Waals surface area contributed by atoms with Gasteiger partial charge in [0.05, 0.1) is 5.41 Å². The highest BCUT2D eigenvalue weighted by Gasteiger charge is 2.52. The lowest BCUT2D eigenvalue weighted by molar-refractivity contribution is -0.136. The summed E-state index contributed by atoms with van der Waals surface area (Å²) in [7, 11) is 1.94. The lowest BCUT2D eigenvalue weighted by Crippen LogP contribution is -2.38. The number of carbonyl (C=O) groups is 1. The van der Waals surface area contributed by atoms with E-state index in [0.717, 1.165) is 57.6 Å². The van der Waals surface area contributed by atoms with Gasteiger partial charge in [0.25, 0.3) is 0 Å². The van der Waals surface area contributed by atoms with Crippen molar-refractivity contribution in [3.63, 3.8) is 0 Å². The largest absolute Gasteiger partial charge is 0.492 e. The first kappa shape index (κ1) is 19.9. The van der Waals surface area contributed by atoms with Gasteiger partial charge in [0.2, 0.25) is 5.91 Å². The van der Waals surface area contributed by atoms with E-state index >= 15 is 0 Å². The zero-order chi connectivity index (χ0) is 20.3. The minimum Gasteiger partial charge on any atom is -0.492 e. The van der Waals surface area contributed by atoms with Gasteiger partial charge >= 0.3 is 0 Å². The number of rotatable bonds is 2. The monoisotopic (exact) mass is 393 g/mol. The van der Waals surface area contributed by atoms with E-state index in [9.17, 15) is 4.79 Å². The number of pyridine rings is 1. The van der Waals surface area contributed by atoms with Crippen LogP contribution in [0.5, 0.6) is 5.75 Å². The van der Waals surface area contributed by atoms with E-state index in [2.05, 4.69) is 41.1 Å². The first-order valence-electron chi connectivity index (χ1n) is 10.6. The summed E-state index contributed by atoms with van der Waals surface area (Å²) in [4.78, 5) is 21.6. The molecule has 29 heavy (non-hydrogen) atoms. The molecule has 1 saturated carbocycles. The third-order valence-electron chi connectivity index (χ3n) is 6.03. The zero-order valence-corrected chi connectivity index (χ0v) is 17.6. The number of aryl methyl sites for hydroxylation is 1. The highest BCUT2D eigenvalue weighted by Crippen LogP contribution is 2.47. The number of ether oxygens (including phenoxy) is 1. The second-order valence-electron chi connectivity index (χ2n) is 8.73. The molecule has 1 aliphatic heterocycles. The van der Waals surface area contributed by atoms with Crippen LogP contribution in [0.15, 0.2) is 42.7 Å². The molecule has 0 radical (unpaired) electrons. The van der Waals surface area contributed by atoms with Crippen molar-refractivity contribution in [3.05, 3.63) is 59.4 Å². The van der Waals surface area contributed by atoms with Gasteiger partial charge in [-0.3, -0.25) is 14.7 Å². The molecule has 1 aromatic heterocycles. The van der Waals surface area contributed by atoms with Gasteiger partial charge in [0.1, 0.15) is 12.4 Å². The molecule has 0 unspecified atom stereocenters. The van der Waals surface area contributed by atoms with Crippen molar-refractivity contribution in [2.45, 2.75) is 45.7 Å². The highest BCUT2D eigenvalue weighted by molar-refractivity contribution is 5.85. The van der Waals surface area contributed by atoms with Crippen molar-refractivity contribution in [1.29, 1.82) is 0 Å². The van der Waals surface area contributed by atoms with Crippen LogP contribution in [0.25, 0.3) is 0 Å². The minimum absolute atomic E-state index is 0.244. The molecule has 0 saturated heterocycles. The number of aromatic nitrogens is 1. The molecule has 2 aliphatic rings. The SMILES string of the molecule is Cc1cncc(CN2CCCCN(C)C(=O)C3(CC3)COc3cccc(c3)C2)c1. The molecule has 1 spiro atoms. The van der Waals surface area contributed by atoms with E-state index in [4.69, 9.17) is 4.74 Å². The fourth-order valence-corrected chi connectivity index (χ4v) is 4.15. The first-order chi connectivity index (χ1) is 14.0. The van der Waals surface area contributed by atoms with Crippen LogP contribution in [0.4, 0.5) is 0 Å². The number of benzene rings is 1. The fraction of sp³-hybridized carbons (Fsp3) is 0.500. The summed E-state index contributed by atoms with van der Waals surface area (Å²) in [6.45, 7) is 6.12. The minimum atomic E-state index is -0.293. The molecule has 2 aromatic rings. The molecule has 154 valence electrons. The molecule has 1 amide bonds. The molecular weight excluding hydrogens is 362 g/mol. The molecule has 2 heterocycles. The molecule has 2 bridgehead atoms. The summed E-state index contributed by atoms with van der Waals surface area (Å²) in [5.74, 6) is 1.10. The molecule has 1 aromatic carbocycles. The third kappa shape index (κ3) is 4.96. The van der Waals surface area contributed by atoms with Gasteiger partial charge in [-0.15, -0.1) is 0 Å². The number of hydrogen-bond acceptors (Lipinski definition) is 4. The van der Waals surface area contributed by atoms with E-state index in [1.165, 1.54) is 16.7 Å². The predicted octanol–water partition coefficient (Wildman–Crippen LogP) is 3.80. The highest BCUT2D eigenvalue weighted by atomic mass is 16.5. The Labute approximate surface area is 173 Å². The van der Waals surface area contributed by atoms with Crippen LogP contribution in [-0.2, 0) is 17.9 Å². The summed E-state index contributed by atoms with van der Waals surface area (Å²) in [6, 6.07) is 10.5. The van der Waals surface area contributed by atoms with Gasteiger partial charge in [-0.25, -0.2) is 0 Å². The molecule has 4 rings (SSSR count). The maximum Gasteiger partial charge on any atom is 0.231 e. The van der Waals surface area contributed by atoms with E-state index in [1.54, 1.807) is 0 Å². The maximum absolute atomic E-state index is 12.9. The van der Waals surface area contributed by atoms with Gasteiger partial charge in [-0.1, -0.05) is 18.2 Å². The van der Waals surface area contributed by atoms with Crippen molar-refractivity contribution in [3.8, 4) is 5.75 Å². The van der Waals surface area contributed by atoms with Gasteiger partial charge in [-0.2, -0.15) is 0 Å². The summed E-state index contributed by atoms with van der Waals surface area (Å²) in [6.07, 6.45) is 7.82. The topological polar surface area (TPSA) is 45.7 Å². The van der Waals surface area contributed by atoms with E-state index in [-0.39, 0.29) is 11.3 Å². The van der Waals surface area contributed by atoms with E-state index in [0.29, 0.717) is 6.61 Å². The fourth-order valence-electron chi connectivity index (χ4n) is 4.15. The smallest absolute Gasteiger partial charge is 0.231 e. The van der Waals surface area contributed by atoms with E-state index < -0.39 is 0 Å². The summed E-state index contributed by atoms with van der Waals surface area (Å²) in [5, 5.41) is 0. The second-order valence-corrected chi connectivity index (χ2v) is 8.73. The van der Waals surface area contributed by atoms with Crippen LogP contribution in [-0.4, -0.2) is 47.4 Å². The predicted molar refractivity (Wildman–Crippen MR) is 114 cm³/mol. The quantitative estimate of drug-likeness (QED) is 0.779. The number of carbonyl (C=O) groups excluding carboxylic acids is 1. The number of hydrogen-bond donors (Lipinski definition) is 0. The average molecular weight is 394 g/mol. The van der Waals surface area contributed by atoms with E-state index in [1.807, 2.05) is 30.4 Å². The lowest BCUT2D eigenvalue weighted by Gasteiger charge is -2.26. The molecule has 0 N–H and O–H groups in total. The Kier molecular flexibility index (Phi) is 5.86. The third-order valence-corrected chi connectivity index (χ3v) is 6.03. The molecule has 5 nitrogen and oxygen atoms in total. The summed E-state index contributed by atoms with van der Waals surface area (Å²) < 4.78 is 6.08. The normalized spacial score (nSPS) is 20.2. The Balaban J connectivity index is 1.53. The van der Waals surface area contributed by atoms with Crippen molar-refractivity contribution in [2.24, 2.45) is 5.41 Å². The molecule has 1 aliphatic carbocycles. The van der Waals surface area contributed by atoms with Gasteiger partial charge < -0.3 is 9.64 Å². The summed E-state index contributed by atoms with van der Waals surface area (Å²) >= 11 is 0. The Bertz CT molecular complexity index is 863. The Morgan fingerprint density at radius 3 is 2.76 bits per heavy atom. The Morgan fingerprint density at radius 1 is 1.14 bits per heavy atom. The van der Waals surface area contributed by atoms with Crippen molar-refractivity contribution >= 4 is 5.91 Å². The van der Waals surface area contributed by atoms with Crippen LogP contribution in [0.2, 0.25) is 0 Å². The van der Waals surface area contributed by atoms with Gasteiger partial charge in [0, 0.05) is 39.1 Å². The van der Waals surface area contributed by atoms with Crippen molar-refractivity contribution in [1.82, 2.24) is 14.8 Å². The van der Waals surface area contributed by atoms with Crippen LogP contribution in [0.3, 0.4) is 0 Å². The summed E-state index contributed by atoms with van der Waals surface area (Å²) in [5.41, 5.74) is 3.38. The second kappa shape index (κ2) is 8.54. The van der Waals surface area contributed by atoms with Crippen LogP contribution < -0.4 is 4.74 Å². The number of fused-ring (bicyclic) bond motifs is 2. The lowest BCUT2D eigenvalue weighted by atomic mass is 10.1. The molecule has 0 atom stereocenters. The number of amides is 1. The van der Waals surface area contributed by atoms with Crippen LogP contribution >= 0.6 is 0 Å². The maximum atomic E-state index is 12.9. The van der Waals surface area contributed by atoms with Crippen molar-refractivity contribution < 1.29 is 9.53 Å². The zero-order valence-electron chi connectivity index (χ0n) is 17.6. The standard InChI is InChI=1S/C24H31N3O2/c1-19-12-21(15-25-14-19)17-27-11-4-3-10-26(2)23(28)24(8-9-24)18-29-22-7-5-6-20(13-22)16-27/h5-7,12-15H,3-4,8-11,16-18H2,1-2H3. The van der Waals surface area contributed by atoms with Crippen LogP contribution in [0, 0.1) is 12.3 Å². The van der Waals surface area contributed by atoms with Crippen molar-refractivity contribution in [2.75, 3.05) is 26.7 Å². The van der Waals surface area contributed by atoms with Crippen LogP contribution in [0.1, 0.15) is 42.4 Å². The Morgan fingerprint density at radius 2 is 1.97 bits per heavy atom. The molecule has 5 heteroatoms. The van der Waals surface area contributed by atoms with Gasteiger partial charge in [0.15, 0.2) is 0 Å².